The van der Waals surface area contributed by atoms with Crippen LogP contribution in [0.25, 0.3) is 0 Å². The van der Waals surface area contributed by atoms with Gasteiger partial charge in [0.15, 0.2) is 0 Å². The van der Waals surface area contributed by atoms with Gasteiger partial charge in [-0.3, -0.25) is 0 Å². The largest absolute Gasteiger partial charge is 0.430 e. The van der Waals surface area contributed by atoms with Crippen molar-refractivity contribution >= 4 is 31.5 Å². The Kier molecular flexibility index (Phi) is 3.24. The molecule has 4 heteroatoms. The van der Waals surface area contributed by atoms with Gasteiger partial charge in [0, 0.05) is 11.0 Å². The number of hydrogen-bond donors (Lipinski definition) is 1. The summed E-state index contributed by atoms with van der Waals surface area (Å²) < 4.78 is 0. The highest BCUT2D eigenvalue weighted by Crippen LogP contribution is 2.00. The summed E-state index contributed by atoms with van der Waals surface area (Å²) in [6.45, 7) is 1.73. The first-order valence-electron chi connectivity index (χ1n) is 1.97. The number of alkyl halides is 2. The fraction of sp³-hybridized carbons (Fsp3) is 1.00. The average Bonchev–Trinajstić information content (AvgIpc) is 1.68. The van der Waals surface area contributed by atoms with Gasteiger partial charge in [-0.1, -0.05) is 0 Å². The van der Waals surface area contributed by atoms with Crippen molar-refractivity contribution in [3.63, 3.8) is 0 Å². The molecule has 0 aromatic rings. The van der Waals surface area contributed by atoms with E-state index in [9.17, 15) is 0 Å². The van der Waals surface area contributed by atoms with Gasteiger partial charge >= 0.3 is 0 Å². The van der Waals surface area contributed by atoms with Crippen molar-refractivity contribution in [2.24, 2.45) is 0 Å². The van der Waals surface area contributed by atoms with Gasteiger partial charge in [-0.2, -0.15) is 0 Å². The topological polar surface area (TPSA) is 20.2 Å². The van der Waals surface area contributed by atoms with Crippen molar-refractivity contribution in [2.45, 2.75) is 6.55 Å². The number of halogens is 2. The molecule has 0 saturated carbocycles. The fourth-order valence-corrected chi connectivity index (χ4v) is 0.964. The summed E-state index contributed by atoms with van der Waals surface area (Å²) in [7, 11) is -2.12. The Labute approximate surface area is 54.4 Å². The minimum absolute atomic E-state index is 0.330. The molecule has 0 aliphatic carbocycles. The first-order chi connectivity index (χ1) is 3.12. The zero-order valence-corrected chi connectivity index (χ0v) is 6.63. The Morgan fingerprint density at radius 2 is 1.71 bits per heavy atom. The molecule has 0 saturated heterocycles. The third-order valence-corrected chi connectivity index (χ3v) is 5.18. The molecule has 0 unspecified atom stereocenters. The van der Waals surface area contributed by atoms with Crippen LogP contribution in [0, 0.1) is 0 Å². The van der Waals surface area contributed by atoms with E-state index < -0.39 is 8.32 Å². The van der Waals surface area contributed by atoms with Crippen LogP contribution >= 0.6 is 23.2 Å². The average molecular weight is 159 g/mol. The second-order valence-electron chi connectivity index (χ2n) is 1.76. The van der Waals surface area contributed by atoms with E-state index in [0.29, 0.717) is 11.0 Å². The van der Waals surface area contributed by atoms with E-state index in [1.54, 1.807) is 6.55 Å². The standard InChI is InChI=1S/C3H8Cl2OSi/c1-7(6,2-4)3-5/h6H,2-3H2,1H3. The molecule has 0 spiro atoms. The summed E-state index contributed by atoms with van der Waals surface area (Å²) in [6, 6.07) is 0. The van der Waals surface area contributed by atoms with Crippen molar-refractivity contribution in [1.29, 1.82) is 0 Å². The highest BCUT2D eigenvalue weighted by molar-refractivity contribution is 6.82. The molecule has 0 aromatic heterocycles. The minimum atomic E-state index is -2.12. The van der Waals surface area contributed by atoms with E-state index >= 15 is 0 Å². The Balaban J connectivity index is 3.36. The van der Waals surface area contributed by atoms with Crippen molar-refractivity contribution in [1.82, 2.24) is 0 Å². The molecule has 0 atom stereocenters. The van der Waals surface area contributed by atoms with Crippen LogP contribution in [0.5, 0.6) is 0 Å². The SMILES string of the molecule is C[Si](O)(CCl)CCl. The maximum Gasteiger partial charge on any atom is 0.214 e. The fourth-order valence-electron chi connectivity index (χ4n) is 0.0357. The Morgan fingerprint density at radius 1 is 1.43 bits per heavy atom. The summed E-state index contributed by atoms with van der Waals surface area (Å²) in [4.78, 5) is 9.01. The third-order valence-electron chi connectivity index (χ3n) is 0.576. The summed E-state index contributed by atoms with van der Waals surface area (Å²) in [6.07, 6.45) is 0. The molecular weight excluding hydrogens is 151 g/mol. The second-order valence-corrected chi connectivity index (χ2v) is 6.90. The summed E-state index contributed by atoms with van der Waals surface area (Å²) in [5, 5.41) is 0. The summed E-state index contributed by atoms with van der Waals surface area (Å²) >= 11 is 10.6. The van der Waals surface area contributed by atoms with Crippen LogP contribution in [0.4, 0.5) is 0 Å². The molecule has 1 N–H and O–H groups in total. The first-order valence-corrected chi connectivity index (χ1v) is 5.90. The van der Waals surface area contributed by atoms with Gasteiger partial charge in [0.2, 0.25) is 8.32 Å². The molecule has 0 rings (SSSR count). The Bertz CT molecular complexity index is 50.9. The zero-order chi connectivity index (χ0) is 5.91. The zero-order valence-electron chi connectivity index (χ0n) is 4.12. The van der Waals surface area contributed by atoms with Crippen LogP contribution in [-0.2, 0) is 0 Å². The van der Waals surface area contributed by atoms with E-state index in [0.717, 1.165) is 0 Å². The third kappa shape index (κ3) is 3.35. The molecule has 0 aromatic carbocycles. The first kappa shape index (κ1) is 7.76. The summed E-state index contributed by atoms with van der Waals surface area (Å²) in [5.74, 6) is 0. The van der Waals surface area contributed by atoms with E-state index in [1.807, 2.05) is 0 Å². The predicted molar refractivity (Wildman–Crippen MR) is 35.3 cm³/mol. The molecule has 1 nitrogen and oxygen atoms in total. The molecule has 0 radical (unpaired) electrons. The molecule has 0 amide bonds. The van der Waals surface area contributed by atoms with Crippen molar-refractivity contribution < 1.29 is 4.80 Å². The Hall–Kier alpha value is 0.757. The molecule has 0 aliphatic heterocycles. The van der Waals surface area contributed by atoms with Gasteiger partial charge in [0.05, 0.1) is 0 Å². The molecule has 0 aliphatic rings. The Morgan fingerprint density at radius 3 is 1.71 bits per heavy atom. The molecule has 44 valence electrons. The van der Waals surface area contributed by atoms with Gasteiger partial charge in [0.1, 0.15) is 0 Å². The van der Waals surface area contributed by atoms with E-state index in [2.05, 4.69) is 0 Å². The quantitative estimate of drug-likeness (QED) is 0.472. The minimum Gasteiger partial charge on any atom is -0.430 e. The van der Waals surface area contributed by atoms with Crippen LogP contribution in [0.2, 0.25) is 6.55 Å². The van der Waals surface area contributed by atoms with E-state index in [4.69, 9.17) is 28.0 Å². The van der Waals surface area contributed by atoms with Crippen LogP contribution in [0.1, 0.15) is 0 Å². The van der Waals surface area contributed by atoms with E-state index in [1.165, 1.54) is 0 Å². The second kappa shape index (κ2) is 2.92. The normalized spacial score (nSPS) is 12.0. The van der Waals surface area contributed by atoms with Crippen molar-refractivity contribution in [3.8, 4) is 0 Å². The maximum atomic E-state index is 9.01. The van der Waals surface area contributed by atoms with Crippen LogP contribution in [0.3, 0.4) is 0 Å². The highest BCUT2D eigenvalue weighted by atomic mass is 35.5. The molecule has 0 fully saturated rings. The van der Waals surface area contributed by atoms with Gasteiger partial charge in [-0.05, 0) is 6.55 Å². The van der Waals surface area contributed by atoms with Crippen LogP contribution in [0.15, 0.2) is 0 Å². The molecular formula is C3H8Cl2OSi. The highest BCUT2D eigenvalue weighted by Gasteiger charge is 2.20. The monoisotopic (exact) mass is 158 g/mol. The van der Waals surface area contributed by atoms with Crippen molar-refractivity contribution in [2.75, 3.05) is 11.0 Å². The van der Waals surface area contributed by atoms with E-state index in [-0.39, 0.29) is 0 Å². The lowest BCUT2D eigenvalue weighted by molar-refractivity contribution is 0.557. The van der Waals surface area contributed by atoms with Gasteiger partial charge in [0.25, 0.3) is 0 Å². The smallest absolute Gasteiger partial charge is 0.214 e. The van der Waals surface area contributed by atoms with Gasteiger partial charge in [-0.15, -0.1) is 23.2 Å². The van der Waals surface area contributed by atoms with Crippen LogP contribution < -0.4 is 0 Å². The van der Waals surface area contributed by atoms with Gasteiger partial charge in [-0.25, -0.2) is 0 Å². The lowest BCUT2D eigenvalue weighted by atomic mass is 11.8. The maximum absolute atomic E-state index is 9.01. The summed E-state index contributed by atoms with van der Waals surface area (Å²) in [5.41, 5.74) is 0.660. The lowest BCUT2D eigenvalue weighted by Crippen LogP contribution is -2.35. The molecule has 0 bridgehead atoms. The lowest BCUT2D eigenvalue weighted by Gasteiger charge is -2.10. The molecule has 0 heterocycles. The van der Waals surface area contributed by atoms with Crippen LogP contribution in [-0.4, -0.2) is 24.1 Å². The number of rotatable bonds is 2. The van der Waals surface area contributed by atoms with Gasteiger partial charge < -0.3 is 4.80 Å². The van der Waals surface area contributed by atoms with Crippen molar-refractivity contribution in [3.05, 3.63) is 0 Å². The number of hydrogen-bond acceptors (Lipinski definition) is 1. The molecule has 7 heavy (non-hydrogen) atoms. The predicted octanol–water partition coefficient (Wildman–Crippen LogP) is 1.11.